The minimum atomic E-state index is -1.28. The average molecular weight is 313 g/mol. The molecule has 6 nitrogen and oxygen atoms in total. The van der Waals surface area contributed by atoms with Gasteiger partial charge in [0.2, 0.25) is 0 Å². The smallest absolute Gasteiger partial charge is 0.358 e. The first-order valence-electron chi connectivity index (χ1n) is 5.52. The first-order valence-corrected chi connectivity index (χ1v) is 6.27. The number of carbonyl (C=O) groups is 1. The van der Waals surface area contributed by atoms with E-state index < -0.39 is 5.97 Å². The molecular weight excluding hydrogens is 303 g/mol. The standard InChI is InChI=1S/C12H10Cl2N4O2/c13-7-3-1-6(2-4-7)5-16-11-9(14)17-8(12(19)20)10(15)18-11/h1-4H,5H2,(H,19,20)(H3,15,16,18). The Labute approximate surface area is 124 Å². The van der Waals surface area contributed by atoms with Gasteiger partial charge in [0.25, 0.3) is 0 Å². The summed E-state index contributed by atoms with van der Waals surface area (Å²) >= 11 is 11.6. The Hall–Kier alpha value is -2.05. The number of hydrogen-bond acceptors (Lipinski definition) is 5. The maximum atomic E-state index is 10.8. The van der Waals surface area contributed by atoms with Crippen LogP contribution in [0.3, 0.4) is 0 Å². The van der Waals surface area contributed by atoms with E-state index in [1.165, 1.54) is 0 Å². The zero-order valence-electron chi connectivity index (χ0n) is 10.1. The number of aromatic carboxylic acids is 1. The summed E-state index contributed by atoms with van der Waals surface area (Å²) in [6.07, 6.45) is 0. The summed E-state index contributed by atoms with van der Waals surface area (Å²) in [5, 5.41) is 12.4. The first-order chi connectivity index (χ1) is 9.47. The number of halogens is 2. The van der Waals surface area contributed by atoms with E-state index in [4.69, 9.17) is 34.0 Å². The van der Waals surface area contributed by atoms with E-state index >= 15 is 0 Å². The van der Waals surface area contributed by atoms with Gasteiger partial charge >= 0.3 is 5.97 Å². The van der Waals surface area contributed by atoms with Gasteiger partial charge in [-0.15, -0.1) is 0 Å². The highest BCUT2D eigenvalue weighted by atomic mass is 35.5. The third-order valence-electron chi connectivity index (χ3n) is 2.46. The van der Waals surface area contributed by atoms with Crippen LogP contribution in [0.4, 0.5) is 11.6 Å². The van der Waals surface area contributed by atoms with Gasteiger partial charge in [-0.1, -0.05) is 35.3 Å². The van der Waals surface area contributed by atoms with E-state index in [-0.39, 0.29) is 22.5 Å². The predicted molar refractivity (Wildman–Crippen MR) is 77.2 cm³/mol. The summed E-state index contributed by atoms with van der Waals surface area (Å²) in [4.78, 5) is 18.4. The molecule has 2 rings (SSSR count). The van der Waals surface area contributed by atoms with E-state index in [1.807, 2.05) is 12.1 Å². The molecule has 0 aliphatic heterocycles. The number of aromatic nitrogens is 2. The zero-order chi connectivity index (χ0) is 14.7. The zero-order valence-corrected chi connectivity index (χ0v) is 11.6. The first kappa shape index (κ1) is 14.4. The van der Waals surface area contributed by atoms with Gasteiger partial charge in [-0.3, -0.25) is 0 Å². The number of carboxylic acid groups (broad SMARTS) is 1. The molecule has 0 saturated carbocycles. The van der Waals surface area contributed by atoms with Crippen molar-refractivity contribution < 1.29 is 9.90 Å². The molecule has 0 atom stereocenters. The molecule has 4 N–H and O–H groups in total. The lowest BCUT2D eigenvalue weighted by molar-refractivity contribution is 0.0691. The molecule has 0 amide bonds. The second kappa shape index (κ2) is 5.94. The van der Waals surface area contributed by atoms with Crippen molar-refractivity contribution in [1.82, 2.24) is 9.97 Å². The Bertz CT molecular complexity index is 647. The molecule has 2 aromatic rings. The van der Waals surface area contributed by atoms with Gasteiger partial charge in [-0.2, -0.15) is 0 Å². The maximum Gasteiger partial charge on any atom is 0.358 e. The van der Waals surface area contributed by atoms with Gasteiger partial charge in [0.1, 0.15) is 0 Å². The van der Waals surface area contributed by atoms with Crippen LogP contribution in [0.15, 0.2) is 24.3 Å². The van der Waals surface area contributed by atoms with Gasteiger partial charge in [-0.05, 0) is 17.7 Å². The fourth-order valence-corrected chi connectivity index (χ4v) is 1.81. The number of rotatable bonds is 4. The molecule has 0 aliphatic rings. The van der Waals surface area contributed by atoms with E-state index in [0.29, 0.717) is 11.6 Å². The van der Waals surface area contributed by atoms with E-state index in [1.54, 1.807) is 12.1 Å². The summed E-state index contributed by atoms with van der Waals surface area (Å²) in [5.41, 5.74) is 6.09. The van der Waals surface area contributed by atoms with Crippen LogP contribution in [-0.4, -0.2) is 21.0 Å². The lowest BCUT2D eigenvalue weighted by Crippen LogP contribution is -2.11. The van der Waals surface area contributed by atoms with Crippen molar-refractivity contribution in [2.45, 2.75) is 6.54 Å². The summed E-state index contributed by atoms with van der Waals surface area (Å²) in [6.45, 7) is 0.428. The monoisotopic (exact) mass is 312 g/mol. The number of nitrogens with two attached hydrogens (primary N) is 1. The minimum Gasteiger partial charge on any atom is -0.476 e. The molecule has 0 radical (unpaired) electrons. The van der Waals surface area contributed by atoms with E-state index in [2.05, 4.69) is 15.3 Å². The number of benzene rings is 1. The van der Waals surface area contributed by atoms with Crippen molar-refractivity contribution in [3.63, 3.8) is 0 Å². The molecule has 1 aromatic heterocycles. The quantitative estimate of drug-likeness (QED) is 0.802. The van der Waals surface area contributed by atoms with Crippen LogP contribution < -0.4 is 11.1 Å². The summed E-state index contributed by atoms with van der Waals surface area (Å²) < 4.78 is 0. The molecule has 0 fully saturated rings. The fourth-order valence-electron chi connectivity index (χ4n) is 1.49. The largest absolute Gasteiger partial charge is 0.476 e. The summed E-state index contributed by atoms with van der Waals surface area (Å²) in [7, 11) is 0. The van der Waals surface area contributed by atoms with Crippen LogP contribution in [0.2, 0.25) is 10.2 Å². The number of nitrogens with zero attached hydrogens (tertiary/aromatic N) is 2. The highest BCUT2D eigenvalue weighted by Gasteiger charge is 2.15. The second-order valence-corrected chi connectivity index (χ2v) is 4.68. The fraction of sp³-hybridized carbons (Fsp3) is 0.0833. The molecule has 1 aromatic carbocycles. The van der Waals surface area contributed by atoms with Crippen LogP contribution >= 0.6 is 23.2 Å². The Kier molecular flexibility index (Phi) is 4.26. The molecule has 0 unspecified atom stereocenters. The molecule has 1 heterocycles. The van der Waals surface area contributed by atoms with Crippen molar-refractivity contribution in [1.29, 1.82) is 0 Å². The lowest BCUT2D eigenvalue weighted by atomic mass is 10.2. The van der Waals surface area contributed by atoms with Crippen molar-refractivity contribution in [2.24, 2.45) is 0 Å². The third kappa shape index (κ3) is 3.28. The number of anilines is 2. The predicted octanol–water partition coefficient (Wildman–Crippen LogP) is 2.68. The van der Waals surface area contributed by atoms with Crippen LogP contribution in [0, 0.1) is 0 Å². The van der Waals surface area contributed by atoms with Crippen LogP contribution in [0.25, 0.3) is 0 Å². The van der Waals surface area contributed by atoms with Crippen molar-refractivity contribution in [2.75, 3.05) is 11.1 Å². The van der Waals surface area contributed by atoms with E-state index in [9.17, 15) is 4.79 Å². The van der Waals surface area contributed by atoms with Gasteiger partial charge in [0, 0.05) is 11.6 Å². The third-order valence-corrected chi connectivity index (χ3v) is 2.97. The van der Waals surface area contributed by atoms with Crippen LogP contribution in [0.1, 0.15) is 16.1 Å². The van der Waals surface area contributed by atoms with Crippen molar-refractivity contribution in [3.8, 4) is 0 Å². The van der Waals surface area contributed by atoms with Crippen LogP contribution in [0.5, 0.6) is 0 Å². The minimum absolute atomic E-state index is 0.0504. The summed E-state index contributed by atoms with van der Waals surface area (Å²) in [6, 6.07) is 7.19. The topological polar surface area (TPSA) is 101 Å². The van der Waals surface area contributed by atoms with Gasteiger partial charge in [-0.25, -0.2) is 14.8 Å². The highest BCUT2D eigenvalue weighted by molar-refractivity contribution is 6.32. The lowest BCUT2D eigenvalue weighted by Gasteiger charge is -2.09. The van der Waals surface area contributed by atoms with Crippen LogP contribution in [-0.2, 0) is 6.54 Å². The normalized spacial score (nSPS) is 10.3. The highest BCUT2D eigenvalue weighted by Crippen LogP contribution is 2.21. The Morgan fingerprint density at radius 3 is 2.50 bits per heavy atom. The molecule has 0 aliphatic carbocycles. The Morgan fingerprint density at radius 2 is 1.90 bits per heavy atom. The SMILES string of the molecule is Nc1nc(NCc2ccc(Cl)cc2)c(Cl)nc1C(=O)O. The van der Waals surface area contributed by atoms with Gasteiger partial charge in [0.15, 0.2) is 22.5 Å². The molecular formula is C12H10Cl2N4O2. The van der Waals surface area contributed by atoms with E-state index in [0.717, 1.165) is 5.56 Å². The Balaban J connectivity index is 2.16. The second-order valence-electron chi connectivity index (χ2n) is 3.88. The number of nitrogen functional groups attached to an aromatic ring is 1. The van der Waals surface area contributed by atoms with Gasteiger partial charge in [0.05, 0.1) is 0 Å². The van der Waals surface area contributed by atoms with Crippen molar-refractivity contribution >= 4 is 40.8 Å². The molecule has 104 valence electrons. The molecule has 0 saturated heterocycles. The summed E-state index contributed by atoms with van der Waals surface area (Å²) in [5.74, 6) is -1.24. The molecule has 8 heteroatoms. The molecule has 0 spiro atoms. The van der Waals surface area contributed by atoms with Gasteiger partial charge < -0.3 is 16.2 Å². The maximum absolute atomic E-state index is 10.8. The Morgan fingerprint density at radius 1 is 1.25 bits per heavy atom. The average Bonchev–Trinajstić information content (AvgIpc) is 2.41. The molecule has 20 heavy (non-hydrogen) atoms. The molecule has 0 bridgehead atoms. The van der Waals surface area contributed by atoms with Crippen molar-refractivity contribution in [3.05, 3.63) is 45.7 Å². The number of carboxylic acids is 1. The number of hydrogen-bond donors (Lipinski definition) is 3. The number of nitrogens with one attached hydrogen (secondary N) is 1.